The summed E-state index contributed by atoms with van der Waals surface area (Å²) >= 11 is 0. The summed E-state index contributed by atoms with van der Waals surface area (Å²) in [6.45, 7) is 0. The molecule has 0 aliphatic carbocycles. The first-order valence-corrected chi connectivity index (χ1v) is 5.37. The molecule has 3 aromatic rings. The van der Waals surface area contributed by atoms with Gasteiger partial charge in [0.25, 0.3) is 0 Å². The van der Waals surface area contributed by atoms with E-state index in [9.17, 15) is 4.79 Å². The largest absolute Gasteiger partial charge is 0.298 e. The Labute approximate surface area is 98.1 Å². The predicted octanol–water partition coefficient (Wildman–Crippen LogP) is 3.04. The highest BCUT2D eigenvalue weighted by molar-refractivity contribution is 5.96. The number of H-pyrrole nitrogens is 1. The molecule has 1 aromatic heterocycles. The van der Waals surface area contributed by atoms with Crippen LogP contribution in [-0.4, -0.2) is 16.5 Å². The Balaban J connectivity index is 2.27. The standard InChI is InChI=1S/C14H10N2O/c17-9-10-6-7-13-12(8-10)14(16-15-13)11-4-2-1-3-5-11/h1-9H,(H,15,16). The fourth-order valence-electron chi connectivity index (χ4n) is 1.92. The molecule has 1 N–H and O–H groups in total. The highest BCUT2D eigenvalue weighted by atomic mass is 16.1. The molecule has 17 heavy (non-hydrogen) atoms. The monoisotopic (exact) mass is 222 g/mol. The third-order valence-corrected chi connectivity index (χ3v) is 2.77. The van der Waals surface area contributed by atoms with Gasteiger partial charge in [-0.3, -0.25) is 9.89 Å². The number of carbonyl (C=O) groups excluding carboxylic acids is 1. The highest BCUT2D eigenvalue weighted by Crippen LogP contribution is 2.26. The average Bonchev–Trinajstić information content (AvgIpc) is 2.82. The molecule has 2 aromatic carbocycles. The Morgan fingerprint density at radius 1 is 1.06 bits per heavy atom. The number of nitrogens with zero attached hydrogens (tertiary/aromatic N) is 1. The lowest BCUT2D eigenvalue weighted by molar-refractivity contribution is 0.112. The third-order valence-electron chi connectivity index (χ3n) is 2.77. The van der Waals surface area contributed by atoms with Gasteiger partial charge in [0.05, 0.1) is 11.2 Å². The lowest BCUT2D eigenvalue weighted by Gasteiger charge is -1.97. The van der Waals surface area contributed by atoms with E-state index in [-0.39, 0.29) is 0 Å². The van der Waals surface area contributed by atoms with Crippen molar-refractivity contribution in [3.05, 3.63) is 54.1 Å². The molecule has 0 spiro atoms. The van der Waals surface area contributed by atoms with E-state index in [1.54, 1.807) is 6.07 Å². The Bertz CT molecular complexity index is 671. The normalized spacial score (nSPS) is 10.6. The van der Waals surface area contributed by atoms with Crippen LogP contribution in [0.4, 0.5) is 0 Å². The SMILES string of the molecule is O=Cc1ccc2[nH]nc(-c3ccccc3)c2c1. The van der Waals surface area contributed by atoms with Gasteiger partial charge < -0.3 is 0 Å². The molecule has 0 aliphatic heterocycles. The van der Waals surface area contributed by atoms with Gasteiger partial charge in [-0.2, -0.15) is 5.10 Å². The number of aromatic nitrogens is 2. The van der Waals surface area contributed by atoms with Crippen LogP contribution in [0.1, 0.15) is 10.4 Å². The van der Waals surface area contributed by atoms with Crippen LogP contribution in [0, 0.1) is 0 Å². The van der Waals surface area contributed by atoms with Crippen molar-refractivity contribution in [1.29, 1.82) is 0 Å². The van der Waals surface area contributed by atoms with Crippen LogP contribution in [-0.2, 0) is 0 Å². The maximum atomic E-state index is 10.8. The topological polar surface area (TPSA) is 45.8 Å². The first kappa shape index (κ1) is 9.78. The second-order valence-corrected chi connectivity index (χ2v) is 3.86. The summed E-state index contributed by atoms with van der Waals surface area (Å²) in [5, 5.41) is 8.25. The first-order valence-electron chi connectivity index (χ1n) is 5.37. The van der Waals surface area contributed by atoms with Crippen molar-refractivity contribution >= 4 is 17.2 Å². The van der Waals surface area contributed by atoms with E-state index in [1.165, 1.54) is 0 Å². The molecular weight excluding hydrogens is 212 g/mol. The summed E-state index contributed by atoms with van der Waals surface area (Å²) in [4.78, 5) is 10.8. The second-order valence-electron chi connectivity index (χ2n) is 3.86. The van der Waals surface area contributed by atoms with Crippen molar-refractivity contribution in [2.75, 3.05) is 0 Å². The summed E-state index contributed by atoms with van der Waals surface area (Å²) in [7, 11) is 0. The summed E-state index contributed by atoms with van der Waals surface area (Å²) in [6, 6.07) is 15.4. The molecule has 0 atom stereocenters. The zero-order valence-corrected chi connectivity index (χ0v) is 9.05. The van der Waals surface area contributed by atoms with Gasteiger partial charge in [0.2, 0.25) is 0 Å². The van der Waals surface area contributed by atoms with Crippen molar-refractivity contribution in [2.24, 2.45) is 0 Å². The molecule has 82 valence electrons. The van der Waals surface area contributed by atoms with Crippen LogP contribution >= 0.6 is 0 Å². The van der Waals surface area contributed by atoms with Crippen molar-refractivity contribution in [1.82, 2.24) is 10.2 Å². The molecule has 0 saturated heterocycles. The molecule has 3 heteroatoms. The number of rotatable bonds is 2. The van der Waals surface area contributed by atoms with E-state index < -0.39 is 0 Å². The van der Waals surface area contributed by atoms with E-state index in [0.29, 0.717) is 5.56 Å². The minimum atomic E-state index is 0.663. The van der Waals surface area contributed by atoms with Gasteiger partial charge in [-0.1, -0.05) is 30.3 Å². The Kier molecular flexibility index (Phi) is 2.22. The third kappa shape index (κ3) is 1.61. The molecule has 0 radical (unpaired) electrons. The van der Waals surface area contributed by atoms with Crippen LogP contribution in [0.15, 0.2) is 48.5 Å². The van der Waals surface area contributed by atoms with Crippen molar-refractivity contribution in [3.63, 3.8) is 0 Å². The van der Waals surface area contributed by atoms with E-state index in [1.807, 2.05) is 42.5 Å². The van der Waals surface area contributed by atoms with Gasteiger partial charge in [0.1, 0.15) is 6.29 Å². The summed E-state index contributed by atoms with van der Waals surface area (Å²) in [6.07, 6.45) is 0.848. The second kappa shape index (κ2) is 3.87. The number of aldehydes is 1. The quantitative estimate of drug-likeness (QED) is 0.677. The zero-order valence-electron chi connectivity index (χ0n) is 9.05. The fraction of sp³-hybridized carbons (Fsp3) is 0. The van der Waals surface area contributed by atoms with Gasteiger partial charge in [-0.15, -0.1) is 0 Å². The van der Waals surface area contributed by atoms with E-state index in [4.69, 9.17) is 0 Å². The summed E-state index contributed by atoms with van der Waals surface area (Å²) in [5.74, 6) is 0. The van der Waals surface area contributed by atoms with Crippen LogP contribution in [0.2, 0.25) is 0 Å². The molecular formula is C14H10N2O. The molecule has 1 heterocycles. The number of carbonyl (C=O) groups is 1. The number of hydrogen-bond acceptors (Lipinski definition) is 2. The summed E-state index contributed by atoms with van der Waals surface area (Å²) in [5.41, 5.74) is 3.52. The predicted molar refractivity (Wildman–Crippen MR) is 66.9 cm³/mol. The number of benzene rings is 2. The van der Waals surface area contributed by atoms with Gasteiger partial charge in [0.15, 0.2) is 0 Å². The number of nitrogens with one attached hydrogen (secondary N) is 1. The Morgan fingerprint density at radius 3 is 2.65 bits per heavy atom. The van der Waals surface area contributed by atoms with Gasteiger partial charge in [0, 0.05) is 16.5 Å². The minimum Gasteiger partial charge on any atom is -0.298 e. The first-order chi connectivity index (χ1) is 8.38. The van der Waals surface area contributed by atoms with E-state index >= 15 is 0 Å². The Hall–Kier alpha value is -2.42. The fourth-order valence-corrected chi connectivity index (χ4v) is 1.92. The summed E-state index contributed by atoms with van der Waals surface area (Å²) < 4.78 is 0. The van der Waals surface area contributed by atoms with Crippen LogP contribution < -0.4 is 0 Å². The van der Waals surface area contributed by atoms with Gasteiger partial charge in [-0.25, -0.2) is 0 Å². The van der Waals surface area contributed by atoms with Crippen LogP contribution in [0.25, 0.3) is 22.2 Å². The van der Waals surface area contributed by atoms with Gasteiger partial charge >= 0.3 is 0 Å². The molecule has 0 unspecified atom stereocenters. The van der Waals surface area contributed by atoms with Crippen LogP contribution in [0.3, 0.4) is 0 Å². The molecule has 3 nitrogen and oxygen atoms in total. The maximum Gasteiger partial charge on any atom is 0.150 e. The lowest BCUT2D eigenvalue weighted by Crippen LogP contribution is -1.80. The zero-order chi connectivity index (χ0) is 11.7. The van der Waals surface area contributed by atoms with E-state index in [2.05, 4.69) is 10.2 Å². The smallest absolute Gasteiger partial charge is 0.150 e. The van der Waals surface area contributed by atoms with Crippen LogP contribution in [0.5, 0.6) is 0 Å². The van der Waals surface area contributed by atoms with Gasteiger partial charge in [-0.05, 0) is 18.2 Å². The maximum absolute atomic E-state index is 10.8. The molecule has 0 amide bonds. The Morgan fingerprint density at radius 2 is 1.88 bits per heavy atom. The lowest BCUT2D eigenvalue weighted by atomic mass is 10.1. The highest BCUT2D eigenvalue weighted by Gasteiger charge is 2.07. The van der Waals surface area contributed by atoms with E-state index in [0.717, 1.165) is 28.4 Å². The number of aromatic amines is 1. The molecule has 0 fully saturated rings. The number of hydrogen-bond donors (Lipinski definition) is 1. The number of fused-ring (bicyclic) bond motifs is 1. The molecule has 0 bridgehead atoms. The average molecular weight is 222 g/mol. The molecule has 0 saturated carbocycles. The minimum absolute atomic E-state index is 0.663. The van der Waals surface area contributed by atoms with Crippen molar-refractivity contribution < 1.29 is 4.79 Å². The molecule has 0 aliphatic rings. The molecule has 3 rings (SSSR count). The van der Waals surface area contributed by atoms with Crippen molar-refractivity contribution in [2.45, 2.75) is 0 Å². The van der Waals surface area contributed by atoms with Crippen molar-refractivity contribution in [3.8, 4) is 11.3 Å².